The predicted octanol–water partition coefficient (Wildman–Crippen LogP) is 2.60. The summed E-state index contributed by atoms with van der Waals surface area (Å²) in [5.74, 6) is -12.7. The van der Waals surface area contributed by atoms with E-state index in [4.69, 9.17) is 0 Å². The normalized spacial score (nSPS) is 17.5. The first kappa shape index (κ1) is 17.6. The topological polar surface area (TPSA) is 38.3 Å². The zero-order valence-corrected chi connectivity index (χ0v) is 8.91. The van der Waals surface area contributed by atoms with Crippen LogP contribution in [0.2, 0.25) is 0 Å². The van der Waals surface area contributed by atoms with Gasteiger partial charge >= 0.3 is 18.2 Å². The minimum Gasteiger partial charge on any atom is -0.352 e. The SMILES string of the molecule is C=CCNC(=O)C(C(F)(F)F)C(F)(OF)C(F)(F)F. The van der Waals surface area contributed by atoms with Crippen molar-refractivity contribution in [1.82, 2.24) is 5.32 Å². The predicted molar refractivity (Wildman–Crippen MR) is 44.8 cm³/mol. The Hall–Kier alpha value is -1.39. The second-order valence-corrected chi connectivity index (χ2v) is 3.23. The van der Waals surface area contributed by atoms with Crippen molar-refractivity contribution in [1.29, 1.82) is 0 Å². The average molecular weight is 301 g/mol. The van der Waals surface area contributed by atoms with Gasteiger partial charge in [-0.25, -0.2) is 0 Å². The molecule has 0 aromatic carbocycles. The van der Waals surface area contributed by atoms with Gasteiger partial charge in [-0.3, -0.25) is 4.79 Å². The number of nitrogens with one attached hydrogen (secondary N) is 1. The number of rotatable bonds is 5. The van der Waals surface area contributed by atoms with Gasteiger partial charge in [0.2, 0.25) is 11.8 Å². The van der Waals surface area contributed by atoms with Crippen molar-refractivity contribution in [2.75, 3.05) is 6.54 Å². The number of halogens is 8. The van der Waals surface area contributed by atoms with Crippen molar-refractivity contribution in [3.05, 3.63) is 12.7 Å². The zero-order valence-electron chi connectivity index (χ0n) is 8.91. The second kappa shape index (κ2) is 5.72. The third-order valence-electron chi connectivity index (χ3n) is 1.88. The van der Waals surface area contributed by atoms with Gasteiger partial charge in [-0.05, 0) is 4.53 Å². The fourth-order valence-electron chi connectivity index (χ4n) is 1.05. The monoisotopic (exact) mass is 301 g/mol. The molecule has 0 heterocycles. The van der Waals surface area contributed by atoms with Crippen molar-refractivity contribution in [2.24, 2.45) is 5.92 Å². The Labute approximate surface area is 101 Å². The van der Waals surface area contributed by atoms with Crippen molar-refractivity contribution in [3.63, 3.8) is 0 Å². The van der Waals surface area contributed by atoms with E-state index in [0.717, 1.165) is 6.08 Å². The van der Waals surface area contributed by atoms with E-state index in [1.807, 2.05) is 0 Å². The van der Waals surface area contributed by atoms with Crippen LogP contribution in [0.4, 0.5) is 35.3 Å². The molecule has 0 aromatic heterocycles. The molecule has 0 aliphatic heterocycles. The summed E-state index contributed by atoms with van der Waals surface area (Å²) in [6, 6.07) is 0. The smallest absolute Gasteiger partial charge is 0.352 e. The molecule has 1 amide bonds. The van der Waals surface area contributed by atoms with Crippen LogP contribution in [0.3, 0.4) is 0 Å². The van der Waals surface area contributed by atoms with Crippen LogP contribution < -0.4 is 5.32 Å². The van der Waals surface area contributed by atoms with Crippen LogP contribution in [-0.2, 0) is 9.74 Å². The zero-order chi connectivity index (χ0) is 15.5. The van der Waals surface area contributed by atoms with Gasteiger partial charge in [0.1, 0.15) is 0 Å². The maximum atomic E-state index is 13.1. The maximum Gasteiger partial charge on any atom is 0.452 e. The number of carbonyl (C=O) groups excluding carboxylic acids is 1. The van der Waals surface area contributed by atoms with E-state index >= 15 is 0 Å². The van der Waals surface area contributed by atoms with Gasteiger partial charge in [0, 0.05) is 6.54 Å². The van der Waals surface area contributed by atoms with E-state index in [-0.39, 0.29) is 0 Å². The lowest BCUT2D eigenvalue weighted by molar-refractivity contribution is -0.435. The highest BCUT2D eigenvalue weighted by molar-refractivity contribution is 5.80. The minimum atomic E-state index is -6.41. The molecule has 0 aliphatic carbocycles. The summed E-state index contributed by atoms with van der Waals surface area (Å²) in [6.07, 6.45) is -11.6. The molecule has 0 rings (SSSR count). The van der Waals surface area contributed by atoms with Gasteiger partial charge in [0.15, 0.2) is 0 Å². The number of amides is 1. The molecule has 19 heavy (non-hydrogen) atoms. The van der Waals surface area contributed by atoms with Crippen LogP contribution in [0.25, 0.3) is 0 Å². The summed E-state index contributed by atoms with van der Waals surface area (Å²) in [7, 11) is 0. The summed E-state index contributed by atoms with van der Waals surface area (Å²) >= 11 is 0. The molecule has 2 atom stereocenters. The van der Waals surface area contributed by atoms with Crippen molar-refractivity contribution in [2.45, 2.75) is 18.2 Å². The highest BCUT2D eigenvalue weighted by Gasteiger charge is 2.73. The molecule has 0 saturated carbocycles. The second-order valence-electron chi connectivity index (χ2n) is 3.23. The number of hydrogen-bond donors (Lipinski definition) is 1. The lowest BCUT2D eigenvalue weighted by Crippen LogP contribution is -2.59. The molecule has 0 bridgehead atoms. The van der Waals surface area contributed by atoms with Crippen molar-refractivity contribution < 1.29 is 45.0 Å². The Morgan fingerprint density at radius 2 is 1.68 bits per heavy atom. The van der Waals surface area contributed by atoms with Crippen LogP contribution in [0.15, 0.2) is 12.7 Å². The highest BCUT2D eigenvalue weighted by Crippen LogP contribution is 2.47. The van der Waals surface area contributed by atoms with E-state index in [1.165, 1.54) is 5.32 Å². The van der Waals surface area contributed by atoms with Crippen LogP contribution >= 0.6 is 0 Å². The molecular formula is C8H7F8NO2. The van der Waals surface area contributed by atoms with E-state index in [2.05, 4.69) is 6.58 Å². The Morgan fingerprint density at radius 1 is 1.21 bits per heavy atom. The third kappa shape index (κ3) is 3.78. The number of hydrogen-bond acceptors (Lipinski definition) is 2. The average Bonchev–Trinajstić information content (AvgIpc) is 2.22. The molecule has 1 N–H and O–H groups in total. The fraction of sp³-hybridized carbons (Fsp3) is 0.625. The summed E-state index contributed by atoms with van der Waals surface area (Å²) < 4.78 is 98.2. The van der Waals surface area contributed by atoms with Crippen LogP contribution in [-0.4, -0.2) is 30.7 Å². The molecule has 0 fully saturated rings. The van der Waals surface area contributed by atoms with Gasteiger partial charge in [-0.15, -0.1) is 11.5 Å². The standard InChI is InChI=1S/C8H7F8NO2/c1-2-3-17-5(18)4(7(10,11)12)6(9,19-16)8(13,14)15/h2,4H,1,3H2,(H,17,18). The summed E-state index contributed by atoms with van der Waals surface area (Å²) in [5.41, 5.74) is 0. The van der Waals surface area contributed by atoms with Crippen LogP contribution in [0, 0.1) is 5.92 Å². The summed E-state index contributed by atoms with van der Waals surface area (Å²) in [4.78, 5) is 12.7. The first-order valence-electron chi connectivity index (χ1n) is 4.42. The Bertz CT molecular complexity index is 339. The molecule has 0 radical (unpaired) electrons. The molecule has 112 valence electrons. The molecular weight excluding hydrogens is 294 g/mol. The summed E-state index contributed by atoms with van der Waals surface area (Å²) in [5, 5.41) is 1.29. The van der Waals surface area contributed by atoms with Gasteiger partial charge in [-0.2, -0.15) is 30.7 Å². The van der Waals surface area contributed by atoms with Crippen molar-refractivity contribution in [3.8, 4) is 0 Å². The molecule has 0 aromatic rings. The Kier molecular flexibility index (Phi) is 5.30. The Balaban J connectivity index is 5.60. The van der Waals surface area contributed by atoms with E-state index < -0.39 is 36.6 Å². The van der Waals surface area contributed by atoms with E-state index in [1.54, 1.807) is 4.94 Å². The maximum absolute atomic E-state index is 13.1. The van der Waals surface area contributed by atoms with Crippen molar-refractivity contribution >= 4 is 5.91 Å². The minimum absolute atomic E-state index is 0.675. The van der Waals surface area contributed by atoms with Gasteiger partial charge < -0.3 is 5.32 Å². The molecule has 0 spiro atoms. The van der Waals surface area contributed by atoms with Gasteiger partial charge in [0.25, 0.3) is 0 Å². The van der Waals surface area contributed by atoms with Gasteiger partial charge in [0.05, 0.1) is 0 Å². The first-order valence-corrected chi connectivity index (χ1v) is 4.42. The van der Waals surface area contributed by atoms with Crippen LogP contribution in [0.5, 0.6) is 0 Å². The lowest BCUT2D eigenvalue weighted by atomic mass is 9.97. The first-order chi connectivity index (χ1) is 8.41. The lowest BCUT2D eigenvalue weighted by Gasteiger charge is -2.31. The number of carbonyl (C=O) groups is 1. The van der Waals surface area contributed by atoms with Crippen LogP contribution in [0.1, 0.15) is 0 Å². The van der Waals surface area contributed by atoms with E-state index in [0.29, 0.717) is 0 Å². The summed E-state index contributed by atoms with van der Waals surface area (Å²) in [6.45, 7) is 2.29. The van der Waals surface area contributed by atoms with E-state index in [9.17, 15) is 40.1 Å². The quantitative estimate of drug-likeness (QED) is 0.626. The molecule has 11 heteroatoms. The highest BCUT2D eigenvalue weighted by atomic mass is 19.4. The Morgan fingerprint density at radius 3 is 1.95 bits per heavy atom. The molecule has 0 saturated heterocycles. The molecule has 3 nitrogen and oxygen atoms in total. The fourth-order valence-corrected chi connectivity index (χ4v) is 1.05. The largest absolute Gasteiger partial charge is 0.452 e. The van der Waals surface area contributed by atoms with Gasteiger partial charge in [-0.1, -0.05) is 6.08 Å². The molecule has 0 aliphatic rings. The third-order valence-corrected chi connectivity index (χ3v) is 1.88. The number of alkyl halides is 7. The molecule has 2 unspecified atom stereocenters.